The molecule has 0 aromatic heterocycles. The Bertz CT molecular complexity index is 1040. The highest BCUT2D eigenvalue weighted by atomic mass is 32.1. The molecule has 0 N–H and O–H groups in total. The predicted molar refractivity (Wildman–Crippen MR) is 170 cm³/mol. The minimum absolute atomic E-state index is 0.123. The number of benzene rings is 3. The second-order valence-corrected chi connectivity index (χ2v) is 11.7. The van der Waals surface area contributed by atoms with Crippen molar-refractivity contribution in [1.29, 1.82) is 0 Å². The molecule has 3 aromatic rings. The van der Waals surface area contributed by atoms with Gasteiger partial charge in [0.2, 0.25) is 0 Å². The van der Waals surface area contributed by atoms with E-state index in [9.17, 15) is 4.79 Å². The fourth-order valence-corrected chi connectivity index (χ4v) is 6.11. The van der Waals surface area contributed by atoms with Gasteiger partial charge < -0.3 is 0 Å². The highest BCUT2D eigenvalue weighted by Gasteiger charge is 2.27. The number of ketones is 1. The van der Waals surface area contributed by atoms with Crippen LogP contribution >= 0.6 is 12.6 Å². The van der Waals surface area contributed by atoms with E-state index < -0.39 is 0 Å². The van der Waals surface area contributed by atoms with Gasteiger partial charge in [-0.2, -0.15) is 12.6 Å². The van der Waals surface area contributed by atoms with Crippen LogP contribution in [-0.4, -0.2) is 11.0 Å². The average molecular weight is 531 g/mol. The number of rotatable bonds is 20. The molecule has 0 spiro atoms. The minimum Gasteiger partial charge on any atom is -0.293 e. The number of fused-ring (bicyclic) bond motifs is 1. The lowest BCUT2D eigenvalue weighted by atomic mass is 9.85. The maximum atomic E-state index is 13.3. The van der Waals surface area contributed by atoms with Crippen LogP contribution in [0.3, 0.4) is 0 Å². The monoisotopic (exact) mass is 530 g/mol. The van der Waals surface area contributed by atoms with Crippen LogP contribution in [-0.2, 0) is 0 Å². The van der Waals surface area contributed by atoms with Gasteiger partial charge in [0.15, 0.2) is 5.78 Å². The number of carbonyl (C=O) groups is 1. The largest absolute Gasteiger partial charge is 0.293 e. The van der Waals surface area contributed by atoms with E-state index in [4.69, 9.17) is 12.6 Å². The third kappa shape index (κ3) is 10.6. The summed E-state index contributed by atoms with van der Waals surface area (Å²) >= 11 is 4.91. The first kappa shape index (κ1) is 30.5. The van der Waals surface area contributed by atoms with Gasteiger partial charge in [0, 0.05) is 11.5 Å². The van der Waals surface area contributed by atoms with Gasteiger partial charge in [-0.05, 0) is 22.8 Å². The third-order valence-corrected chi connectivity index (χ3v) is 8.62. The fourth-order valence-electron chi connectivity index (χ4n) is 5.64. The quantitative estimate of drug-likeness (QED) is 0.0873. The van der Waals surface area contributed by atoms with Crippen molar-refractivity contribution in [3.05, 3.63) is 83.9 Å². The van der Waals surface area contributed by atoms with Gasteiger partial charge >= 0.3 is 0 Å². The second kappa shape index (κ2) is 18.3. The van der Waals surface area contributed by atoms with Crippen LogP contribution in [0.15, 0.2) is 72.8 Å². The molecule has 0 radical (unpaired) electrons. The van der Waals surface area contributed by atoms with E-state index >= 15 is 0 Å². The van der Waals surface area contributed by atoms with Crippen LogP contribution in [0.25, 0.3) is 10.8 Å². The van der Waals surface area contributed by atoms with E-state index in [1.807, 2.05) is 30.3 Å². The van der Waals surface area contributed by atoms with Crippen molar-refractivity contribution in [3.8, 4) is 0 Å². The molecule has 3 rings (SSSR count). The maximum Gasteiger partial charge on any atom is 0.176 e. The van der Waals surface area contributed by atoms with E-state index in [0.29, 0.717) is 0 Å². The summed E-state index contributed by atoms with van der Waals surface area (Å²) in [6.07, 6.45) is 21.5. The molecule has 2 unspecified atom stereocenters. The van der Waals surface area contributed by atoms with Crippen molar-refractivity contribution in [3.63, 3.8) is 0 Å². The molecule has 0 aliphatic carbocycles. The first-order valence-electron chi connectivity index (χ1n) is 15.5. The molecule has 38 heavy (non-hydrogen) atoms. The summed E-state index contributed by atoms with van der Waals surface area (Å²) in [5, 5.41) is 2.15. The van der Waals surface area contributed by atoms with Crippen LogP contribution in [0.1, 0.15) is 131 Å². The van der Waals surface area contributed by atoms with E-state index in [0.717, 1.165) is 18.4 Å². The molecule has 0 saturated heterocycles. The van der Waals surface area contributed by atoms with Crippen molar-refractivity contribution >= 4 is 29.2 Å². The average Bonchev–Trinajstić information content (AvgIpc) is 2.96. The first-order chi connectivity index (χ1) is 18.7. The molecule has 0 bridgehead atoms. The van der Waals surface area contributed by atoms with E-state index in [-0.39, 0.29) is 17.0 Å². The Hall–Kier alpha value is -2.06. The SMILES string of the molecule is CCCCCCCCCCCCCCCCCC(c1ccc2ccccc2c1)C(S)C(=O)c1ccccc1. The molecular formula is C36H50OS. The number of carbonyl (C=O) groups excluding carboxylic acids is 1. The molecule has 1 nitrogen and oxygen atoms in total. The summed E-state index contributed by atoms with van der Waals surface area (Å²) in [5.41, 5.74) is 1.99. The summed E-state index contributed by atoms with van der Waals surface area (Å²) in [7, 11) is 0. The zero-order valence-corrected chi connectivity index (χ0v) is 24.6. The van der Waals surface area contributed by atoms with Gasteiger partial charge in [-0.1, -0.05) is 176 Å². The smallest absolute Gasteiger partial charge is 0.176 e. The molecule has 0 aliphatic rings. The molecule has 2 heteroatoms. The number of thiol groups is 1. The lowest BCUT2D eigenvalue weighted by Gasteiger charge is -2.24. The molecule has 0 heterocycles. The normalized spacial score (nSPS) is 13.0. The van der Waals surface area contributed by atoms with Gasteiger partial charge in [-0.3, -0.25) is 4.79 Å². The second-order valence-electron chi connectivity index (χ2n) is 11.1. The van der Waals surface area contributed by atoms with Gasteiger partial charge in [0.05, 0.1) is 5.25 Å². The van der Waals surface area contributed by atoms with Crippen LogP contribution < -0.4 is 0 Å². The molecule has 0 fully saturated rings. The number of Topliss-reactive ketones (excluding diaryl/α,β-unsaturated/α-hetero) is 1. The summed E-state index contributed by atoms with van der Waals surface area (Å²) in [5.74, 6) is 0.255. The summed E-state index contributed by atoms with van der Waals surface area (Å²) in [6.45, 7) is 2.29. The highest BCUT2D eigenvalue weighted by Crippen LogP contribution is 2.33. The third-order valence-electron chi connectivity index (χ3n) is 8.03. The molecule has 0 amide bonds. The van der Waals surface area contributed by atoms with E-state index in [1.54, 1.807) is 0 Å². The van der Waals surface area contributed by atoms with Crippen LogP contribution in [0.5, 0.6) is 0 Å². The van der Waals surface area contributed by atoms with Crippen LogP contribution in [0.4, 0.5) is 0 Å². The molecule has 206 valence electrons. The standard InChI is InChI=1S/C36H50OS/c1-2-3-4-5-6-7-8-9-10-11-12-13-14-15-19-26-34(36(38)35(37)31-23-17-16-18-24-31)33-28-27-30-22-20-21-25-32(30)29-33/h16-18,20-25,27-29,34,36,38H,2-15,19,26H2,1H3. The van der Waals surface area contributed by atoms with Crippen molar-refractivity contribution in [1.82, 2.24) is 0 Å². The highest BCUT2D eigenvalue weighted by molar-refractivity contribution is 7.82. The van der Waals surface area contributed by atoms with Crippen LogP contribution in [0.2, 0.25) is 0 Å². The van der Waals surface area contributed by atoms with Crippen LogP contribution in [0, 0.1) is 0 Å². The number of hydrogen-bond donors (Lipinski definition) is 1. The summed E-state index contributed by atoms with van der Waals surface area (Å²) < 4.78 is 0. The Labute approximate surface area is 238 Å². The Morgan fingerprint density at radius 2 is 1.11 bits per heavy atom. The Morgan fingerprint density at radius 1 is 0.605 bits per heavy atom. The summed E-state index contributed by atoms with van der Waals surface area (Å²) in [4.78, 5) is 13.3. The number of unbranched alkanes of at least 4 members (excludes halogenated alkanes) is 14. The topological polar surface area (TPSA) is 17.1 Å². The van der Waals surface area contributed by atoms with Gasteiger partial charge in [-0.25, -0.2) is 0 Å². The lowest BCUT2D eigenvalue weighted by molar-refractivity contribution is 0.0980. The van der Waals surface area contributed by atoms with Gasteiger partial charge in [0.1, 0.15) is 0 Å². The summed E-state index contributed by atoms with van der Waals surface area (Å²) in [6, 6.07) is 24.8. The molecule has 0 saturated carbocycles. The molecular weight excluding hydrogens is 480 g/mol. The van der Waals surface area contributed by atoms with Gasteiger partial charge in [0.25, 0.3) is 0 Å². The molecule has 0 aliphatic heterocycles. The zero-order valence-electron chi connectivity index (χ0n) is 23.8. The van der Waals surface area contributed by atoms with Crippen molar-refractivity contribution in [2.45, 2.75) is 121 Å². The minimum atomic E-state index is -0.329. The lowest BCUT2D eigenvalue weighted by Crippen LogP contribution is -2.23. The van der Waals surface area contributed by atoms with E-state index in [1.165, 1.54) is 106 Å². The number of hydrogen-bond acceptors (Lipinski definition) is 2. The van der Waals surface area contributed by atoms with Gasteiger partial charge in [-0.15, -0.1) is 0 Å². The first-order valence-corrected chi connectivity index (χ1v) is 16.0. The fraction of sp³-hybridized carbons (Fsp3) is 0.528. The molecule has 3 aromatic carbocycles. The molecule has 2 atom stereocenters. The Balaban J connectivity index is 1.41. The zero-order chi connectivity index (χ0) is 26.8. The van der Waals surface area contributed by atoms with Crippen molar-refractivity contribution in [2.75, 3.05) is 0 Å². The van der Waals surface area contributed by atoms with Crippen molar-refractivity contribution < 1.29 is 4.79 Å². The Morgan fingerprint density at radius 3 is 1.68 bits per heavy atom. The van der Waals surface area contributed by atoms with E-state index in [2.05, 4.69) is 49.4 Å². The maximum absolute atomic E-state index is 13.3. The van der Waals surface area contributed by atoms with Crippen molar-refractivity contribution in [2.24, 2.45) is 0 Å². The Kier molecular flexibility index (Phi) is 14.7. The predicted octanol–water partition coefficient (Wildman–Crippen LogP) is 11.4.